The number of nitrogens with one attached hydrogen (secondary N) is 1. The monoisotopic (exact) mass is 354 g/mol. The molecular weight excluding hydrogens is 340 g/mol. The SMILES string of the molecule is CC(=O)N(CC(=O)Nc1cccc(F)c1)c1ccc(C(F)(F)F)cc1. The van der Waals surface area contributed by atoms with Crippen molar-refractivity contribution in [2.45, 2.75) is 13.1 Å². The molecule has 2 aromatic rings. The van der Waals surface area contributed by atoms with Crippen LogP contribution >= 0.6 is 0 Å². The highest BCUT2D eigenvalue weighted by Gasteiger charge is 2.30. The van der Waals surface area contributed by atoms with Crippen molar-refractivity contribution in [1.82, 2.24) is 0 Å². The quantitative estimate of drug-likeness (QED) is 0.849. The first kappa shape index (κ1) is 18.4. The molecule has 2 aromatic carbocycles. The fraction of sp³-hybridized carbons (Fsp3) is 0.176. The van der Waals surface area contributed by atoms with Gasteiger partial charge in [-0.15, -0.1) is 0 Å². The highest BCUT2D eigenvalue weighted by Crippen LogP contribution is 2.30. The van der Waals surface area contributed by atoms with Gasteiger partial charge in [-0.1, -0.05) is 6.07 Å². The molecule has 25 heavy (non-hydrogen) atoms. The first-order valence-corrected chi connectivity index (χ1v) is 7.17. The average Bonchev–Trinajstić information content (AvgIpc) is 2.51. The Morgan fingerprint density at radius 3 is 2.24 bits per heavy atom. The Hall–Kier alpha value is -2.90. The van der Waals surface area contributed by atoms with Crippen LogP contribution in [0.5, 0.6) is 0 Å². The van der Waals surface area contributed by atoms with Gasteiger partial charge in [0.2, 0.25) is 11.8 Å². The van der Waals surface area contributed by atoms with Gasteiger partial charge in [0, 0.05) is 18.3 Å². The fourth-order valence-corrected chi connectivity index (χ4v) is 2.13. The molecule has 0 spiro atoms. The van der Waals surface area contributed by atoms with E-state index >= 15 is 0 Å². The normalized spacial score (nSPS) is 11.1. The van der Waals surface area contributed by atoms with Crippen LogP contribution < -0.4 is 10.2 Å². The van der Waals surface area contributed by atoms with E-state index in [-0.39, 0.29) is 11.4 Å². The van der Waals surface area contributed by atoms with E-state index in [9.17, 15) is 27.2 Å². The topological polar surface area (TPSA) is 49.4 Å². The lowest BCUT2D eigenvalue weighted by molar-refractivity contribution is -0.137. The number of carbonyl (C=O) groups is 2. The van der Waals surface area contributed by atoms with Crippen molar-refractivity contribution in [3.8, 4) is 0 Å². The smallest absolute Gasteiger partial charge is 0.324 e. The Morgan fingerprint density at radius 2 is 1.72 bits per heavy atom. The minimum atomic E-state index is -4.49. The molecule has 8 heteroatoms. The summed E-state index contributed by atoms with van der Waals surface area (Å²) in [7, 11) is 0. The van der Waals surface area contributed by atoms with Gasteiger partial charge in [0.05, 0.1) is 5.56 Å². The largest absolute Gasteiger partial charge is 0.416 e. The fourth-order valence-electron chi connectivity index (χ4n) is 2.13. The van der Waals surface area contributed by atoms with E-state index < -0.39 is 35.9 Å². The molecule has 0 saturated carbocycles. The molecular formula is C17H14F4N2O2. The Labute approximate surface area is 141 Å². The zero-order valence-corrected chi connectivity index (χ0v) is 13.1. The molecule has 0 atom stereocenters. The van der Waals surface area contributed by atoms with Crippen molar-refractivity contribution in [2.24, 2.45) is 0 Å². The average molecular weight is 354 g/mol. The van der Waals surface area contributed by atoms with Gasteiger partial charge in [0.15, 0.2) is 0 Å². The van der Waals surface area contributed by atoms with Crippen LogP contribution in [0.2, 0.25) is 0 Å². The molecule has 0 bridgehead atoms. The van der Waals surface area contributed by atoms with Crippen molar-refractivity contribution < 1.29 is 27.2 Å². The van der Waals surface area contributed by atoms with Crippen molar-refractivity contribution in [3.05, 3.63) is 59.9 Å². The molecule has 4 nitrogen and oxygen atoms in total. The Balaban J connectivity index is 2.13. The molecule has 2 rings (SSSR count). The number of carbonyl (C=O) groups excluding carboxylic acids is 2. The van der Waals surface area contributed by atoms with Crippen LogP contribution in [-0.2, 0) is 15.8 Å². The summed E-state index contributed by atoms with van der Waals surface area (Å²) in [5.74, 6) is -1.67. The minimum Gasteiger partial charge on any atom is -0.324 e. The van der Waals surface area contributed by atoms with Crippen LogP contribution in [-0.4, -0.2) is 18.4 Å². The molecule has 0 aromatic heterocycles. The van der Waals surface area contributed by atoms with Gasteiger partial charge in [-0.3, -0.25) is 9.59 Å². The zero-order chi connectivity index (χ0) is 18.6. The minimum absolute atomic E-state index is 0.148. The number of nitrogens with zero attached hydrogens (tertiary/aromatic N) is 1. The van der Waals surface area contributed by atoms with Crippen LogP contribution in [0.3, 0.4) is 0 Å². The predicted octanol–water partition coefficient (Wildman–Crippen LogP) is 3.84. The summed E-state index contributed by atoms with van der Waals surface area (Å²) in [6.07, 6.45) is -4.49. The van der Waals surface area contributed by atoms with Gasteiger partial charge >= 0.3 is 6.18 Å². The lowest BCUT2D eigenvalue weighted by atomic mass is 10.2. The molecule has 0 unspecified atom stereocenters. The van der Waals surface area contributed by atoms with Gasteiger partial charge in [-0.2, -0.15) is 13.2 Å². The van der Waals surface area contributed by atoms with E-state index in [1.165, 1.54) is 25.1 Å². The zero-order valence-electron chi connectivity index (χ0n) is 13.1. The molecule has 0 heterocycles. The summed E-state index contributed by atoms with van der Waals surface area (Å²) >= 11 is 0. The third-order valence-electron chi connectivity index (χ3n) is 3.30. The third-order valence-corrected chi connectivity index (χ3v) is 3.30. The summed E-state index contributed by atoms with van der Waals surface area (Å²) in [4.78, 5) is 24.8. The van der Waals surface area contributed by atoms with Gasteiger partial charge in [0.25, 0.3) is 0 Å². The van der Waals surface area contributed by atoms with E-state index in [0.29, 0.717) is 0 Å². The summed E-state index contributed by atoms with van der Waals surface area (Å²) in [6.45, 7) is 0.768. The number of hydrogen-bond acceptors (Lipinski definition) is 2. The number of anilines is 2. The molecule has 0 radical (unpaired) electrons. The summed E-state index contributed by atoms with van der Waals surface area (Å²) in [6, 6.07) is 9.07. The van der Waals surface area contributed by atoms with Gasteiger partial charge < -0.3 is 10.2 Å². The molecule has 132 valence electrons. The van der Waals surface area contributed by atoms with E-state index in [0.717, 1.165) is 35.2 Å². The highest BCUT2D eigenvalue weighted by molar-refractivity contribution is 6.01. The molecule has 0 aliphatic rings. The van der Waals surface area contributed by atoms with Crippen molar-refractivity contribution in [2.75, 3.05) is 16.8 Å². The number of hydrogen-bond donors (Lipinski definition) is 1. The van der Waals surface area contributed by atoms with E-state index in [2.05, 4.69) is 5.32 Å². The van der Waals surface area contributed by atoms with E-state index in [4.69, 9.17) is 0 Å². The van der Waals surface area contributed by atoms with Crippen LogP contribution in [0.4, 0.5) is 28.9 Å². The van der Waals surface area contributed by atoms with E-state index in [1.54, 1.807) is 0 Å². The first-order chi connectivity index (χ1) is 11.7. The molecule has 0 saturated heterocycles. The highest BCUT2D eigenvalue weighted by atomic mass is 19.4. The molecule has 0 fully saturated rings. The van der Waals surface area contributed by atoms with Crippen molar-refractivity contribution in [3.63, 3.8) is 0 Å². The van der Waals surface area contributed by atoms with Gasteiger partial charge in [-0.05, 0) is 42.5 Å². The second kappa shape index (κ2) is 7.33. The van der Waals surface area contributed by atoms with Crippen LogP contribution in [0, 0.1) is 5.82 Å². The maximum atomic E-state index is 13.1. The van der Waals surface area contributed by atoms with Crippen LogP contribution in [0.25, 0.3) is 0 Å². The van der Waals surface area contributed by atoms with Crippen molar-refractivity contribution in [1.29, 1.82) is 0 Å². The lowest BCUT2D eigenvalue weighted by Crippen LogP contribution is -2.36. The molecule has 0 aliphatic heterocycles. The van der Waals surface area contributed by atoms with Gasteiger partial charge in [0.1, 0.15) is 12.4 Å². The number of halogens is 4. The second-order valence-corrected chi connectivity index (χ2v) is 5.21. The maximum absolute atomic E-state index is 13.1. The van der Waals surface area contributed by atoms with Crippen molar-refractivity contribution >= 4 is 23.2 Å². The number of benzene rings is 2. The third kappa shape index (κ3) is 5.03. The first-order valence-electron chi connectivity index (χ1n) is 7.17. The summed E-state index contributed by atoms with van der Waals surface area (Å²) < 4.78 is 50.9. The maximum Gasteiger partial charge on any atom is 0.416 e. The lowest BCUT2D eigenvalue weighted by Gasteiger charge is -2.21. The van der Waals surface area contributed by atoms with Gasteiger partial charge in [-0.25, -0.2) is 4.39 Å². The standard InChI is InChI=1S/C17H14F4N2O2/c1-11(24)23(15-7-5-12(6-8-15)17(19,20)21)10-16(25)22-14-4-2-3-13(18)9-14/h2-9H,10H2,1H3,(H,22,25). The predicted molar refractivity (Wildman–Crippen MR) is 84.5 cm³/mol. The molecule has 2 amide bonds. The molecule has 0 aliphatic carbocycles. The van der Waals surface area contributed by atoms with Crippen LogP contribution in [0.15, 0.2) is 48.5 Å². The summed E-state index contributed by atoms with van der Waals surface area (Å²) in [5.41, 5.74) is -0.500. The number of amides is 2. The Morgan fingerprint density at radius 1 is 1.08 bits per heavy atom. The number of rotatable bonds is 4. The number of alkyl halides is 3. The van der Waals surface area contributed by atoms with E-state index in [1.807, 2.05) is 0 Å². The summed E-state index contributed by atoms with van der Waals surface area (Å²) in [5, 5.41) is 2.42. The second-order valence-electron chi connectivity index (χ2n) is 5.21. The van der Waals surface area contributed by atoms with Crippen LogP contribution in [0.1, 0.15) is 12.5 Å². The Bertz CT molecular complexity index is 773. The Kier molecular flexibility index (Phi) is 5.41. The molecule has 1 N–H and O–H groups in total.